The molecule has 15 nitrogen and oxygen atoms in total. The van der Waals surface area contributed by atoms with Gasteiger partial charge in [-0.3, -0.25) is 0 Å². The molecular formula is C12H33N3O12. The fourth-order valence-electron chi connectivity index (χ4n) is 1.24. The summed E-state index contributed by atoms with van der Waals surface area (Å²) in [5.74, 6) is 0. The molecule has 0 saturated heterocycles. The van der Waals surface area contributed by atoms with E-state index in [2.05, 4.69) is 0 Å². The molecule has 0 radical (unpaired) electrons. The number of aldehydes is 2. The maximum atomic E-state index is 9.90. The Morgan fingerprint density at radius 3 is 0.889 bits per heavy atom. The lowest BCUT2D eigenvalue weighted by atomic mass is 10.0. The van der Waals surface area contributed by atoms with E-state index in [9.17, 15) is 9.59 Å². The van der Waals surface area contributed by atoms with Crippen LogP contribution in [-0.4, -0.2) is 126 Å². The number of aliphatic hydroxyl groups is 10. The molecule has 0 bridgehead atoms. The lowest BCUT2D eigenvalue weighted by Crippen LogP contribution is -2.46. The van der Waals surface area contributed by atoms with Crippen LogP contribution in [-0.2, 0) is 9.59 Å². The number of hydrogen-bond donors (Lipinski definition) is 13. The van der Waals surface area contributed by atoms with Crippen LogP contribution in [0.4, 0.5) is 0 Å². The predicted molar refractivity (Wildman–Crippen MR) is 89.4 cm³/mol. The van der Waals surface area contributed by atoms with Gasteiger partial charge < -0.3 is 79.1 Å². The van der Waals surface area contributed by atoms with Gasteiger partial charge in [0.25, 0.3) is 0 Å². The molecule has 15 heteroatoms. The van der Waals surface area contributed by atoms with Crippen LogP contribution in [0.5, 0.6) is 0 Å². The largest absolute Gasteiger partial charge is 0.394 e. The van der Waals surface area contributed by atoms with Gasteiger partial charge in [-0.1, -0.05) is 0 Å². The monoisotopic (exact) mass is 411 g/mol. The Morgan fingerprint density at radius 2 is 0.741 bits per heavy atom. The molecule has 0 amide bonds. The molecule has 0 aliphatic carbocycles. The van der Waals surface area contributed by atoms with Crippen molar-refractivity contribution in [3.05, 3.63) is 0 Å². The molecule has 0 heterocycles. The van der Waals surface area contributed by atoms with Crippen molar-refractivity contribution < 1.29 is 60.7 Å². The highest BCUT2D eigenvalue weighted by Crippen LogP contribution is 2.03. The van der Waals surface area contributed by atoms with Crippen LogP contribution >= 0.6 is 0 Å². The fraction of sp³-hybridized carbons (Fsp3) is 0.833. The highest BCUT2D eigenvalue weighted by atomic mass is 16.4. The minimum atomic E-state index is -1.79. The van der Waals surface area contributed by atoms with E-state index >= 15 is 0 Å². The van der Waals surface area contributed by atoms with Gasteiger partial charge in [-0.05, 0) is 0 Å². The summed E-state index contributed by atoms with van der Waals surface area (Å²) in [6, 6.07) is 0. The molecule has 27 heavy (non-hydrogen) atoms. The number of carbonyl (C=O) groups excluding carboxylic acids is 2. The summed E-state index contributed by atoms with van der Waals surface area (Å²) >= 11 is 0. The molecule has 0 unspecified atom stereocenters. The first-order valence-electron chi connectivity index (χ1n) is 6.65. The lowest BCUT2D eigenvalue weighted by molar-refractivity contribution is -0.136. The van der Waals surface area contributed by atoms with Crippen LogP contribution in [0.1, 0.15) is 0 Å². The first-order chi connectivity index (χ1) is 11.1. The molecule has 8 atom stereocenters. The van der Waals surface area contributed by atoms with Gasteiger partial charge in [-0.2, -0.15) is 0 Å². The summed E-state index contributed by atoms with van der Waals surface area (Å²) < 4.78 is 0. The van der Waals surface area contributed by atoms with Crippen LogP contribution in [0.2, 0.25) is 0 Å². The quantitative estimate of drug-likeness (QED) is 0.148. The fourth-order valence-corrected chi connectivity index (χ4v) is 1.24. The minimum Gasteiger partial charge on any atom is -0.394 e. The smallest absolute Gasteiger partial charge is 0.151 e. The van der Waals surface area contributed by atoms with E-state index in [1.54, 1.807) is 0 Å². The van der Waals surface area contributed by atoms with Gasteiger partial charge in [-0.25, -0.2) is 0 Å². The molecule has 0 aliphatic heterocycles. The molecule has 168 valence electrons. The van der Waals surface area contributed by atoms with Crippen LogP contribution in [0.25, 0.3) is 0 Å². The van der Waals surface area contributed by atoms with Gasteiger partial charge >= 0.3 is 0 Å². The first-order valence-corrected chi connectivity index (χ1v) is 6.65. The topological polar surface area (TPSA) is 341 Å². The van der Waals surface area contributed by atoms with Gasteiger partial charge in [-0.15, -0.1) is 0 Å². The average Bonchev–Trinajstić information content (AvgIpc) is 2.62. The zero-order valence-electron chi connectivity index (χ0n) is 14.6. The highest BCUT2D eigenvalue weighted by Gasteiger charge is 2.30. The van der Waals surface area contributed by atoms with Crippen molar-refractivity contribution in [2.75, 3.05) is 13.2 Å². The number of rotatable bonds is 10. The molecule has 0 aliphatic rings. The van der Waals surface area contributed by atoms with Crippen molar-refractivity contribution in [3.63, 3.8) is 0 Å². The summed E-state index contributed by atoms with van der Waals surface area (Å²) in [4.78, 5) is 19.8. The zero-order valence-corrected chi connectivity index (χ0v) is 14.6. The van der Waals surface area contributed by atoms with E-state index in [-0.39, 0.29) is 31.0 Å². The van der Waals surface area contributed by atoms with E-state index in [0.29, 0.717) is 0 Å². The molecule has 0 saturated carbocycles. The third-order valence-corrected chi connectivity index (χ3v) is 2.84. The SMILES string of the molecule is N.N.N.O=C[C@@H](O)[C@@H](O)[C@@H](O)[C@H](O)CO.O=C[C@H](O)[C@@H](O)[C@@H](O)[C@H](O)CO. The molecule has 0 aromatic heterocycles. The molecule has 0 fully saturated rings. The maximum absolute atomic E-state index is 9.90. The summed E-state index contributed by atoms with van der Waals surface area (Å²) in [6.07, 6.45) is -13.7. The van der Waals surface area contributed by atoms with Crippen molar-refractivity contribution in [1.82, 2.24) is 18.5 Å². The van der Waals surface area contributed by atoms with Gasteiger partial charge in [0.15, 0.2) is 12.6 Å². The molecule has 0 spiro atoms. The normalized spacial score (nSPS) is 18.7. The second-order valence-corrected chi connectivity index (χ2v) is 4.72. The van der Waals surface area contributed by atoms with Crippen LogP contribution in [0.3, 0.4) is 0 Å². The highest BCUT2D eigenvalue weighted by molar-refractivity contribution is 5.57. The molecule has 0 aromatic carbocycles. The van der Waals surface area contributed by atoms with Crippen LogP contribution in [0, 0.1) is 0 Å². The second kappa shape index (κ2) is 19.6. The van der Waals surface area contributed by atoms with Crippen molar-refractivity contribution in [2.24, 2.45) is 0 Å². The number of aliphatic hydroxyl groups excluding tert-OH is 10. The van der Waals surface area contributed by atoms with Gasteiger partial charge in [0.05, 0.1) is 13.2 Å². The Hall–Kier alpha value is -1.18. The van der Waals surface area contributed by atoms with Gasteiger partial charge in [0.2, 0.25) is 0 Å². The standard InChI is InChI=1S/2C6H12O6.3H3N/c2*7-1-3(9)5(11)6(12)4(10)2-8;;;/h2*1,3-6,8-12H,2H2;3*1H3/t3-,4+,5+,6-;3-,4-,5-,6+;;;/m01.../s1. The average molecular weight is 411 g/mol. The van der Waals surface area contributed by atoms with E-state index in [4.69, 9.17) is 51.1 Å². The Morgan fingerprint density at radius 1 is 0.519 bits per heavy atom. The summed E-state index contributed by atoms with van der Waals surface area (Å²) in [7, 11) is 0. The summed E-state index contributed by atoms with van der Waals surface area (Å²) in [6.45, 7) is -1.52. The maximum Gasteiger partial charge on any atom is 0.151 e. The zero-order chi connectivity index (χ0) is 19.4. The molecule has 0 rings (SSSR count). The van der Waals surface area contributed by atoms with E-state index in [1.807, 2.05) is 0 Å². The predicted octanol–water partition coefficient (Wildman–Crippen LogP) is -6.27. The van der Waals surface area contributed by atoms with E-state index < -0.39 is 62.0 Å². The summed E-state index contributed by atoms with van der Waals surface area (Å²) in [5, 5.41) is 87.1. The lowest BCUT2D eigenvalue weighted by Gasteiger charge is -2.22. The third-order valence-electron chi connectivity index (χ3n) is 2.84. The first kappa shape index (κ1) is 36.7. The van der Waals surface area contributed by atoms with Crippen molar-refractivity contribution in [2.45, 2.75) is 48.8 Å². The molecular weight excluding hydrogens is 378 g/mol. The Bertz CT molecular complexity index is 322. The van der Waals surface area contributed by atoms with Crippen LogP contribution < -0.4 is 18.5 Å². The summed E-state index contributed by atoms with van der Waals surface area (Å²) in [5.41, 5.74) is 0. The van der Waals surface area contributed by atoms with Crippen LogP contribution in [0.15, 0.2) is 0 Å². The van der Waals surface area contributed by atoms with Crippen molar-refractivity contribution in [1.29, 1.82) is 0 Å². The molecule has 0 aromatic rings. The Labute approximate surface area is 154 Å². The van der Waals surface area contributed by atoms with Crippen molar-refractivity contribution >= 4 is 12.6 Å². The Balaban J connectivity index is -0.000000108. The van der Waals surface area contributed by atoms with Gasteiger partial charge in [0, 0.05) is 0 Å². The van der Waals surface area contributed by atoms with E-state index in [0.717, 1.165) is 0 Å². The second-order valence-electron chi connectivity index (χ2n) is 4.72. The van der Waals surface area contributed by atoms with Gasteiger partial charge in [0.1, 0.15) is 48.8 Å². The minimum absolute atomic E-state index is 0. The molecule has 19 N–H and O–H groups in total. The number of carbonyl (C=O) groups is 2. The van der Waals surface area contributed by atoms with Crippen molar-refractivity contribution in [3.8, 4) is 0 Å². The Kier molecular flexibility index (Phi) is 26.6. The number of hydrogen-bond acceptors (Lipinski definition) is 15. The third kappa shape index (κ3) is 13.6. The van der Waals surface area contributed by atoms with E-state index in [1.165, 1.54) is 0 Å².